The van der Waals surface area contributed by atoms with Gasteiger partial charge >= 0.3 is 0 Å². The van der Waals surface area contributed by atoms with Gasteiger partial charge in [0.05, 0.1) is 11.6 Å². The molecule has 1 unspecified atom stereocenters. The van der Waals surface area contributed by atoms with E-state index in [2.05, 4.69) is 55.6 Å². The lowest BCUT2D eigenvalue weighted by Gasteiger charge is -2.23. The monoisotopic (exact) mass is 264 g/mol. The Morgan fingerprint density at radius 3 is 2.45 bits per heavy atom. The third-order valence-electron chi connectivity index (χ3n) is 3.41. The zero-order valence-corrected chi connectivity index (χ0v) is 12.0. The van der Waals surface area contributed by atoms with E-state index in [-0.39, 0.29) is 0 Å². The molecule has 2 rings (SSSR count). The molecule has 1 N–H and O–H groups in total. The van der Waals surface area contributed by atoms with Crippen LogP contribution in [-0.4, -0.2) is 0 Å². The normalized spacial score (nSPS) is 12.1. The molecular weight excluding hydrogens is 244 g/mol. The van der Waals surface area contributed by atoms with Crippen molar-refractivity contribution in [3.8, 4) is 6.07 Å². The van der Waals surface area contributed by atoms with Crippen molar-refractivity contribution in [3.05, 3.63) is 71.3 Å². The molecule has 0 saturated heterocycles. The number of nitriles is 1. The van der Waals surface area contributed by atoms with Gasteiger partial charge in [-0.05, 0) is 29.2 Å². The SMILES string of the molecule is CC(C)C(NCc1cccc(C#N)c1)c1ccccc1. The van der Waals surface area contributed by atoms with Crippen LogP contribution < -0.4 is 5.32 Å². The zero-order valence-electron chi connectivity index (χ0n) is 12.0. The van der Waals surface area contributed by atoms with Gasteiger partial charge in [0, 0.05) is 12.6 Å². The quantitative estimate of drug-likeness (QED) is 0.884. The number of hydrogen-bond donors (Lipinski definition) is 1. The molecule has 0 aromatic heterocycles. The largest absolute Gasteiger partial charge is 0.306 e. The maximum atomic E-state index is 8.94. The van der Waals surface area contributed by atoms with Crippen LogP contribution in [0.15, 0.2) is 54.6 Å². The summed E-state index contributed by atoms with van der Waals surface area (Å²) in [6.07, 6.45) is 0. The van der Waals surface area contributed by atoms with Crippen molar-refractivity contribution in [1.82, 2.24) is 5.32 Å². The molecule has 2 aromatic rings. The van der Waals surface area contributed by atoms with Crippen LogP contribution in [0.4, 0.5) is 0 Å². The van der Waals surface area contributed by atoms with Crippen molar-refractivity contribution in [3.63, 3.8) is 0 Å². The molecule has 20 heavy (non-hydrogen) atoms. The minimum absolute atomic E-state index is 0.321. The molecular formula is C18H20N2. The van der Waals surface area contributed by atoms with Crippen molar-refractivity contribution in [2.24, 2.45) is 5.92 Å². The van der Waals surface area contributed by atoms with Crippen LogP contribution in [0, 0.1) is 17.2 Å². The summed E-state index contributed by atoms with van der Waals surface area (Å²) in [7, 11) is 0. The van der Waals surface area contributed by atoms with Crippen LogP contribution in [0.1, 0.15) is 36.6 Å². The third-order valence-corrected chi connectivity index (χ3v) is 3.41. The predicted molar refractivity (Wildman–Crippen MR) is 82.0 cm³/mol. The van der Waals surface area contributed by atoms with E-state index >= 15 is 0 Å². The van der Waals surface area contributed by atoms with Crippen molar-refractivity contribution < 1.29 is 0 Å². The van der Waals surface area contributed by atoms with E-state index in [4.69, 9.17) is 5.26 Å². The number of benzene rings is 2. The first-order valence-electron chi connectivity index (χ1n) is 6.98. The second kappa shape index (κ2) is 6.88. The maximum Gasteiger partial charge on any atom is 0.0991 e. The highest BCUT2D eigenvalue weighted by Crippen LogP contribution is 2.21. The summed E-state index contributed by atoms with van der Waals surface area (Å²) in [5, 5.41) is 12.5. The summed E-state index contributed by atoms with van der Waals surface area (Å²) in [5.74, 6) is 0.511. The molecule has 0 bridgehead atoms. The first-order valence-corrected chi connectivity index (χ1v) is 6.98. The van der Waals surface area contributed by atoms with Gasteiger partial charge in [-0.15, -0.1) is 0 Å². The van der Waals surface area contributed by atoms with Crippen molar-refractivity contribution in [2.45, 2.75) is 26.4 Å². The van der Waals surface area contributed by atoms with Crippen molar-refractivity contribution >= 4 is 0 Å². The van der Waals surface area contributed by atoms with Gasteiger partial charge in [-0.1, -0.05) is 56.3 Å². The van der Waals surface area contributed by atoms with Crippen LogP contribution in [-0.2, 0) is 6.54 Å². The first-order chi connectivity index (χ1) is 9.70. The van der Waals surface area contributed by atoms with Gasteiger partial charge in [0.25, 0.3) is 0 Å². The molecule has 0 heterocycles. The molecule has 2 nitrogen and oxygen atoms in total. The van der Waals surface area contributed by atoms with Crippen LogP contribution >= 0.6 is 0 Å². The third kappa shape index (κ3) is 3.69. The second-order valence-corrected chi connectivity index (χ2v) is 5.33. The molecule has 0 spiro atoms. The summed E-state index contributed by atoms with van der Waals surface area (Å²) in [5.41, 5.74) is 3.16. The van der Waals surface area contributed by atoms with E-state index in [1.165, 1.54) is 5.56 Å². The lowest BCUT2D eigenvalue weighted by Crippen LogP contribution is -2.25. The molecule has 0 amide bonds. The Morgan fingerprint density at radius 1 is 1.05 bits per heavy atom. The van der Waals surface area contributed by atoms with E-state index in [9.17, 15) is 0 Å². The Bertz CT molecular complexity index is 582. The molecule has 0 saturated carbocycles. The van der Waals surface area contributed by atoms with Gasteiger partial charge in [-0.25, -0.2) is 0 Å². The van der Waals surface area contributed by atoms with E-state index in [0.717, 1.165) is 12.1 Å². The molecule has 1 atom stereocenters. The average molecular weight is 264 g/mol. The van der Waals surface area contributed by atoms with Crippen molar-refractivity contribution in [1.29, 1.82) is 5.26 Å². The molecule has 0 aliphatic carbocycles. The average Bonchev–Trinajstić information content (AvgIpc) is 2.48. The number of rotatable bonds is 5. The minimum atomic E-state index is 0.321. The summed E-state index contributed by atoms with van der Waals surface area (Å²) >= 11 is 0. The molecule has 0 radical (unpaired) electrons. The van der Waals surface area contributed by atoms with Gasteiger partial charge in [0.2, 0.25) is 0 Å². The number of nitrogens with one attached hydrogen (secondary N) is 1. The Labute approximate surface area is 121 Å². The van der Waals surface area contributed by atoms with Gasteiger partial charge in [0.15, 0.2) is 0 Å². The Kier molecular flexibility index (Phi) is 4.92. The molecule has 2 heteroatoms. The smallest absolute Gasteiger partial charge is 0.0991 e. The van der Waals surface area contributed by atoms with Gasteiger partial charge in [0.1, 0.15) is 0 Å². The van der Waals surface area contributed by atoms with E-state index in [0.29, 0.717) is 17.5 Å². The highest BCUT2D eigenvalue weighted by Gasteiger charge is 2.14. The summed E-state index contributed by atoms with van der Waals surface area (Å²) in [4.78, 5) is 0. The van der Waals surface area contributed by atoms with Gasteiger partial charge in [-0.3, -0.25) is 0 Å². The van der Waals surface area contributed by atoms with E-state index in [1.54, 1.807) is 0 Å². The van der Waals surface area contributed by atoms with E-state index in [1.807, 2.05) is 24.3 Å². The zero-order chi connectivity index (χ0) is 14.4. The van der Waals surface area contributed by atoms with Gasteiger partial charge in [-0.2, -0.15) is 5.26 Å². The molecule has 0 aliphatic rings. The molecule has 102 valence electrons. The fourth-order valence-electron chi connectivity index (χ4n) is 2.38. The minimum Gasteiger partial charge on any atom is -0.306 e. The van der Waals surface area contributed by atoms with Crippen LogP contribution in [0.5, 0.6) is 0 Å². The first kappa shape index (κ1) is 14.3. The number of nitrogens with zero attached hydrogens (tertiary/aromatic N) is 1. The Balaban J connectivity index is 2.08. The van der Waals surface area contributed by atoms with Crippen LogP contribution in [0.3, 0.4) is 0 Å². The highest BCUT2D eigenvalue weighted by molar-refractivity contribution is 5.32. The highest BCUT2D eigenvalue weighted by atomic mass is 14.9. The van der Waals surface area contributed by atoms with Crippen LogP contribution in [0.2, 0.25) is 0 Å². The molecule has 2 aromatic carbocycles. The van der Waals surface area contributed by atoms with Gasteiger partial charge < -0.3 is 5.32 Å². The van der Waals surface area contributed by atoms with Crippen molar-refractivity contribution in [2.75, 3.05) is 0 Å². The molecule has 0 aliphatic heterocycles. The van der Waals surface area contributed by atoms with E-state index < -0.39 is 0 Å². The topological polar surface area (TPSA) is 35.8 Å². The lowest BCUT2D eigenvalue weighted by atomic mass is 9.96. The standard InChI is InChI=1S/C18H20N2/c1-14(2)18(17-9-4-3-5-10-17)20-13-16-8-6-7-15(11-16)12-19/h3-11,14,18,20H,13H2,1-2H3. The summed E-state index contributed by atoms with van der Waals surface area (Å²) < 4.78 is 0. The fourth-order valence-corrected chi connectivity index (χ4v) is 2.38. The number of hydrogen-bond acceptors (Lipinski definition) is 2. The van der Waals surface area contributed by atoms with Crippen LogP contribution in [0.25, 0.3) is 0 Å². The summed E-state index contributed by atoms with van der Waals surface area (Å²) in [6, 6.07) is 20.8. The maximum absolute atomic E-state index is 8.94. The molecule has 0 fully saturated rings. The summed E-state index contributed by atoms with van der Waals surface area (Å²) in [6.45, 7) is 5.21. The fraction of sp³-hybridized carbons (Fsp3) is 0.278. The predicted octanol–water partition coefficient (Wildman–Crippen LogP) is 4.05. The lowest BCUT2D eigenvalue weighted by molar-refractivity contribution is 0.410. The second-order valence-electron chi connectivity index (χ2n) is 5.33. The Hall–Kier alpha value is -2.11. The Morgan fingerprint density at radius 2 is 1.80 bits per heavy atom.